The van der Waals surface area contributed by atoms with Crippen molar-refractivity contribution in [3.8, 4) is 12.0 Å². The maximum atomic E-state index is 12.0. The molecule has 0 aliphatic carbocycles. The second-order valence-corrected chi connectivity index (χ2v) is 6.44. The molecule has 2 rings (SSSR count). The van der Waals surface area contributed by atoms with Gasteiger partial charge in [-0.15, -0.1) is 0 Å². The van der Waals surface area contributed by atoms with Crippen molar-refractivity contribution in [2.45, 2.75) is 45.4 Å². The lowest BCUT2D eigenvalue weighted by atomic mass is 9.86. The van der Waals surface area contributed by atoms with Gasteiger partial charge in [0, 0.05) is 24.7 Å². The van der Waals surface area contributed by atoms with E-state index < -0.39 is 0 Å². The second-order valence-electron chi connectivity index (χ2n) is 6.44. The number of carbonyl (C=O) groups is 1. The summed E-state index contributed by atoms with van der Waals surface area (Å²) < 4.78 is 0. The first-order valence-corrected chi connectivity index (χ1v) is 7.38. The van der Waals surface area contributed by atoms with Crippen LogP contribution in [0.5, 0.6) is 0 Å². The fraction of sp³-hybridized carbons (Fsp3) is 0.500. The number of carbonyl (C=O) groups excluding carboxylic acids is 1. The molecule has 0 bridgehead atoms. The van der Waals surface area contributed by atoms with Gasteiger partial charge in [-0.05, 0) is 36.2 Å². The number of nitrogens with zero attached hydrogens (tertiary/aromatic N) is 1. The van der Waals surface area contributed by atoms with Crippen LogP contribution in [-0.2, 0) is 5.41 Å². The number of rotatable bonds is 1. The van der Waals surface area contributed by atoms with Crippen LogP contribution < -0.4 is 0 Å². The molecule has 106 valence electrons. The minimum absolute atomic E-state index is 0.0870. The molecule has 0 aromatic heterocycles. The van der Waals surface area contributed by atoms with Crippen molar-refractivity contribution in [2.75, 3.05) is 13.1 Å². The van der Waals surface area contributed by atoms with Gasteiger partial charge in [0.05, 0.1) is 0 Å². The molecule has 1 saturated heterocycles. The molecule has 1 aliphatic rings. The fourth-order valence-corrected chi connectivity index (χ4v) is 2.33. The number of hydrogen-bond acceptors (Lipinski definition) is 2. The zero-order chi connectivity index (χ0) is 14.6. The molecular formula is C18H23NO. The van der Waals surface area contributed by atoms with Crippen LogP contribution in [0.2, 0.25) is 0 Å². The van der Waals surface area contributed by atoms with E-state index in [2.05, 4.69) is 37.6 Å². The Morgan fingerprint density at radius 1 is 1.05 bits per heavy atom. The summed E-state index contributed by atoms with van der Waals surface area (Å²) in [6, 6.07) is 10.8. The zero-order valence-electron chi connectivity index (χ0n) is 12.7. The molecule has 1 heterocycles. The largest absolute Gasteiger partial charge is 0.332 e. The monoisotopic (exact) mass is 269 g/mol. The Kier molecular flexibility index (Phi) is 4.49. The van der Waals surface area contributed by atoms with Crippen molar-refractivity contribution in [3.05, 3.63) is 35.4 Å². The van der Waals surface area contributed by atoms with Crippen LogP contribution >= 0.6 is 0 Å². The molecule has 0 saturated carbocycles. The molecule has 0 unspecified atom stereocenters. The smallest absolute Gasteiger partial charge is 0.237 e. The zero-order valence-corrected chi connectivity index (χ0v) is 12.7. The van der Waals surface area contributed by atoms with E-state index in [1.54, 1.807) is 0 Å². The summed E-state index contributed by atoms with van der Waals surface area (Å²) in [4.78, 5) is 14.1. The Balaban J connectivity index is 2.04. The standard InChI is InChI=1S/C18H23NO/c1-18(2,3)16-9-7-15(8-10-16)17(20)11-14-19-12-5-4-6-13-19/h7-10H,4-6,12-13H2,1-3H3. The van der Waals surface area contributed by atoms with Gasteiger partial charge in [-0.3, -0.25) is 4.79 Å². The van der Waals surface area contributed by atoms with Gasteiger partial charge in [-0.1, -0.05) is 45.0 Å². The highest BCUT2D eigenvalue weighted by atomic mass is 16.1. The Morgan fingerprint density at radius 2 is 1.65 bits per heavy atom. The number of piperidine rings is 1. The highest BCUT2D eigenvalue weighted by Gasteiger charge is 2.14. The van der Waals surface area contributed by atoms with Crippen LogP contribution in [0.1, 0.15) is 56.0 Å². The number of hydrogen-bond donors (Lipinski definition) is 0. The molecule has 20 heavy (non-hydrogen) atoms. The van der Waals surface area contributed by atoms with Gasteiger partial charge in [-0.25, -0.2) is 0 Å². The van der Waals surface area contributed by atoms with Crippen molar-refractivity contribution < 1.29 is 4.79 Å². The maximum Gasteiger partial charge on any atom is 0.237 e. The predicted octanol–water partition coefficient (Wildman–Crippen LogP) is 3.61. The molecule has 0 atom stereocenters. The highest BCUT2D eigenvalue weighted by Crippen LogP contribution is 2.22. The van der Waals surface area contributed by atoms with Gasteiger partial charge in [0.15, 0.2) is 0 Å². The fourth-order valence-electron chi connectivity index (χ4n) is 2.33. The lowest BCUT2D eigenvalue weighted by Crippen LogP contribution is -2.25. The van der Waals surface area contributed by atoms with E-state index in [0.29, 0.717) is 5.56 Å². The number of ketones is 1. The molecule has 1 aromatic carbocycles. The first-order chi connectivity index (χ1) is 9.47. The average molecular weight is 269 g/mol. The second kappa shape index (κ2) is 6.13. The summed E-state index contributed by atoms with van der Waals surface area (Å²) in [5, 5.41) is 0. The quantitative estimate of drug-likeness (QED) is 0.573. The van der Waals surface area contributed by atoms with E-state index in [-0.39, 0.29) is 11.2 Å². The summed E-state index contributed by atoms with van der Waals surface area (Å²) >= 11 is 0. The van der Waals surface area contributed by atoms with E-state index in [1.165, 1.54) is 24.8 Å². The Morgan fingerprint density at radius 3 is 2.20 bits per heavy atom. The van der Waals surface area contributed by atoms with Crippen LogP contribution in [0.25, 0.3) is 0 Å². The molecule has 0 N–H and O–H groups in total. The van der Waals surface area contributed by atoms with Gasteiger partial charge >= 0.3 is 0 Å². The first-order valence-electron chi connectivity index (χ1n) is 7.38. The van der Waals surface area contributed by atoms with Crippen LogP contribution in [0.4, 0.5) is 0 Å². The van der Waals surface area contributed by atoms with E-state index in [4.69, 9.17) is 0 Å². The molecule has 1 fully saturated rings. The lowest BCUT2D eigenvalue weighted by molar-refractivity contribution is 0.105. The van der Waals surface area contributed by atoms with Crippen molar-refractivity contribution in [2.24, 2.45) is 0 Å². The third-order valence-electron chi connectivity index (χ3n) is 3.70. The van der Waals surface area contributed by atoms with Crippen LogP contribution in [-0.4, -0.2) is 23.8 Å². The average Bonchev–Trinajstić information content (AvgIpc) is 2.45. The van der Waals surface area contributed by atoms with Gasteiger partial charge in [0.1, 0.15) is 0 Å². The topological polar surface area (TPSA) is 20.3 Å². The molecule has 2 nitrogen and oxygen atoms in total. The third-order valence-corrected chi connectivity index (χ3v) is 3.70. The molecule has 0 spiro atoms. The van der Waals surface area contributed by atoms with E-state index in [9.17, 15) is 4.79 Å². The van der Waals surface area contributed by atoms with E-state index in [1.807, 2.05) is 24.3 Å². The maximum absolute atomic E-state index is 12.0. The van der Waals surface area contributed by atoms with Gasteiger partial charge < -0.3 is 4.90 Å². The van der Waals surface area contributed by atoms with Crippen molar-refractivity contribution in [3.63, 3.8) is 0 Å². The van der Waals surface area contributed by atoms with Gasteiger partial charge in [0.25, 0.3) is 0 Å². The Labute approximate surface area is 122 Å². The van der Waals surface area contributed by atoms with E-state index >= 15 is 0 Å². The van der Waals surface area contributed by atoms with Crippen LogP contribution in [0, 0.1) is 12.0 Å². The molecule has 0 amide bonds. The van der Waals surface area contributed by atoms with Gasteiger partial charge in [-0.2, -0.15) is 0 Å². The summed E-state index contributed by atoms with van der Waals surface area (Å²) in [6.45, 7) is 8.48. The minimum atomic E-state index is -0.0870. The van der Waals surface area contributed by atoms with Crippen molar-refractivity contribution in [1.82, 2.24) is 4.90 Å². The number of Topliss-reactive ketones (excluding diaryl/α,β-unsaturated/α-hetero) is 1. The molecule has 1 aliphatic heterocycles. The molecule has 0 radical (unpaired) electrons. The van der Waals surface area contributed by atoms with Crippen molar-refractivity contribution in [1.29, 1.82) is 0 Å². The highest BCUT2D eigenvalue weighted by molar-refractivity contribution is 6.08. The van der Waals surface area contributed by atoms with Crippen LogP contribution in [0.15, 0.2) is 24.3 Å². The number of likely N-dealkylation sites (tertiary alicyclic amines) is 1. The summed E-state index contributed by atoms with van der Waals surface area (Å²) in [7, 11) is 0. The Hall–Kier alpha value is -1.75. The normalized spacial score (nSPS) is 15.4. The van der Waals surface area contributed by atoms with E-state index in [0.717, 1.165) is 13.1 Å². The SMILES string of the molecule is CC(C)(C)c1ccc(C(=O)C#CN2CCCCC2)cc1. The van der Waals surface area contributed by atoms with Gasteiger partial charge in [0.2, 0.25) is 5.78 Å². The lowest BCUT2D eigenvalue weighted by Gasteiger charge is -2.21. The predicted molar refractivity (Wildman–Crippen MR) is 82.7 cm³/mol. The first kappa shape index (κ1) is 14.7. The van der Waals surface area contributed by atoms with Crippen molar-refractivity contribution >= 4 is 5.78 Å². The number of benzene rings is 1. The molecule has 1 aromatic rings. The third kappa shape index (κ3) is 3.87. The summed E-state index contributed by atoms with van der Waals surface area (Å²) in [6.07, 6.45) is 3.65. The van der Waals surface area contributed by atoms with Crippen LogP contribution in [0.3, 0.4) is 0 Å². The summed E-state index contributed by atoms with van der Waals surface area (Å²) in [5.74, 6) is 2.68. The molecular weight excluding hydrogens is 246 g/mol. The molecule has 2 heteroatoms. The minimum Gasteiger partial charge on any atom is -0.332 e. The summed E-state index contributed by atoms with van der Waals surface area (Å²) in [5.41, 5.74) is 2.03. The Bertz CT molecular complexity index is 519.